The van der Waals surface area contributed by atoms with Crippen molar-refractivity contribution in [3.63, 3.8) is 0 Å². The molecule has 8 heteroatoms. The van der Waals surface area contributed by atoms with Crippen LogP contribution in [-0.4, -0.2) is 21.0 Å². The van der Waals surface area contributed by atoms with Crippen LogP contribution in [0.15, 0.2) is 47.4 Å². The van der Waals surface area contributed by atoms with E-state index in [1.54, 1.807) is 6.92 Å². The normalized spacial score (nSPS) is 12.8. The van der Waals surface area contributed by atoms with E-state index in [4.69, 9.17) is 28.9 Å². The monoisotopic (exact) mass is 404 g/mol. The summed E-state index contributed by atoms with van der Waals surface area (Å²) in [4.78, 5) is 0.0526. The lowest BCUT2D eigenvalue weighted by Gasteiger charge is -2.31. The summed E-state index contributed by atoms with van der Waals surface area (Å²) in [6.07, 6.45) is 1.14. The number of benzene rings is 2. The maximum atomic E-state index is 13.7. The van der Waals surface area contributed by atoms with Crippen molar-refractivity contribution in [2.24, 2.45) is 5.73 Å². The molecule has 2 aromatic carbocycles. The Bertz CT molecular complexity index is 829. The number of anilines is 1. The van der Waals surface area contributed by atoms with E-state index in [9.17, 15) is 12.8 Å². The third-order valence-corrected chi connectivity index (χ3v) is 6.26. The highest BCUT2D eigenvalue weighted by Crippen LogP contribution is 2.34. The molecule has 0 saturated heterocycles. The smallest absolute Gasteiger partial charge is 0.264 e. The SMILES string of the molecule is CC(CCCN)N(c1cc(F)ccc1Cl)S(=O)(=O)c1ccc(Cl)cc1. The Balaban J connectivity index is 2.57. The number of rotatable bonds is 7. The Kier molecular flexibility index (Phi) is 6.68. The summed E-state index contributed by atoms with van der Waals surface area (Å²) in [5.41, 5.74) is 5.64. The third-order valence-electron chi connectivity index (χ3n) is 3.74. The van der Waals surface area contributed by atoms with E-state index in [0.717, 1.165) is 10.4 Å². The first-order valence-corrected chi connectivity index (χ1v) is 9.92. The zero-order valence-corrected chi connectivity index (χ0v) is 16.0. The van der Waals surface area contributed by atoms with Crippen LogP contribution in [0.4, 0.5) is 10.1 Å². The summed E-state index contributed by atoms with van der Waals surface area (Å²) in [6.45, 7) is 2.17. The van der Waals surface area contributed by atoms with Gasteiger partial charge in [0.2, 0.25) is 0 Å². The van der Waals surface area contributed by atoms with Crippen LogP contribution in [0.3, 0.4) is 0 Å². The fraction of sp³-hybridized carbons (Fsp3) is 0.294. The number of nitrogens with two attached hydrogens (primary N) is 1. The molecule has 0 aliphatic carbocycles. The molecular formula is C17H19Cl2FN2O2S. The van der Waals surface area contributed by atoms with Crippen molar-refractivity contribution in [2.75, 3.05) is 10.8 Å². The molecule has 0 aliphatic rings. The molecule has 0 amide bonds. The number of nitrogens with zero attached hydrogens (tertiary/aromatic N) is 1. The topological polar surface area (TPSA) is 63.4 Å². The van der Waals surface area contributed by atoms with Gasteiger partial charge < -0.3 is 5.73 Å². The van der Waals surface area contributed by atoms with Crippen molar-refractivity contribution in [3.05, 3.63) is 58.3 Å². The highest BCUT2D eigenvalue weighted by atomic mass is 35.5. The zero-order valence-electron chi connectivity index (χ0n) is 13.6. The van der Waals surface area contributed by atoms with Gasteiger partial charge in [0.25, 0.3) is 10.0 Å². The molecule has 0 spiro atoms. The molecule has 1 unspecified atom stereocenters. The van der Waals surface area contributed by atoms with Gasteiger partial charge in [-0.05, 0) is 68.8 Å². The largest absolute Gasteiger partial charge is 0.330 e. The highest BCUT2D eigenvalue weighted by Gasteiger charge is 2.31. The van der Waals surface area contributed by atoms with Gasteiger partial charge in [-0.2, -0.15) is 0 Å². The second-order valence-corrected chi connectivity index (χ2v) is 8.29. The van der Waals surface area contributed by atoms with Crippen LogP contribution in [0.1, 0.15) is 19.8 Å². The molecule has 2 rings (SSSR count). The first-order chi connectivity index (χ1) is 11.8. The average Bonchev–Trinajstić information content (AvgIpc) is 2.56. The van der Waals surface area contributed by atoms with Crippen LogP contribution in [0, 0.1) is 5.82 Å². The van der Waals surface area contributed by atoms with Gasteiger partial charge in [0.15, 0.2) is 0 Å². The van der Waals surface area contributed by atoms with E-state index in [-0.39, 0.29) is 15.6 Å². The van der Waals surface area contributed by atoms with Gasteiger partial charge in [-0.1, -0.05) is 23.2 Å². The van der Waals surface area contributed by atoms with Gasteiger partial charge in [-0.3, -0.25) is 4.31 Å². The van der Waals surface area contributed by atoms with E-state index in [1.165, 1.54) is 36.4 Å². The fourth-order valence-corrected chi connectivity index (χ4v) is 4.59. The Hall–Kier alpha value is -1.34. The second kappa shape index (κ2) is 8.36. The molecule has 25 heavy (non-hydrogen) atoms. The van der Waals surface area contributed by atoms with Gasteiger partial charge in [0, 0.05) is 11.1 Å². The summed E-state index contributed by atoms with van der Waals surface area (Å²) >= 11 is 12.0. The van der Waals surface area contributed by atoms with E-state index in [2.05, 4.69) is 0 Å². The van der Waals surface area contributed by atoms with Crippen molar-refractivity contribution >= 4 is 38.9 Å². The first kappa shape index (κ1) is 20.0. The zero-order chi connectivity index (χ0) is 18.6. The third kappa shape index (κ3) is 4.64. The van der Waals surface area contributed by atoms with Crippen LogP contribution >= 0.6 is 23.2 Å². The van der Waals surface area contributed by atoms with Crippen molar-refractivity contribution in [1.82, 2.24) is 0 Å². The van der Waals surface area contributed by atoms with Crippen LogP contribution in [0.5, 0.6) is 0 Å². The molecule has 0 heterocycles. The van der Waals surface area contributed by atoms with E-state index < -0.39 is 21.9 Å². The van der Waals surface area contributed by atoms with Crippen molar-refractivity contribution in [1.29, 1.82) is 0 Å². The summed E-state index contributed by atoms with van der Waals surface area (Å²) in [7, 11) is -3.96. The predicted molar refractivity (Wildman–Crippen MR) is 100 cm³/mol. The molecule has 0 fully saturated rings. The lowest BCUT2D eigenvalue weighted by Crippen LogP contribution is -2.39. The maximum absolute atomic E-state index is 13.7. The number of sulfonamides is 1. The molecular weight excluding hydrogens is 386 g/mol. The van der Waals surface area contributed by atoms with Crippen molar-refractivity contribution in [3.8, 4) is 0 Å². The minimum Gasteiger partial charge on any atom is -0.330 e. The Labute approximate surface area is 157 Å². The Morgan fingerprint density at radius 3 is 2.40 bits per heavy atom. The molecule has 2 aromatic rings. The molecule has 0 aliphatic heterocycles. The summed E-state index contributed by atoms with van der Waals surface area (Å²) in [6, 6.07) is 8.99. The number of hydrogen-bond acceptors (Lipinski definition) is 3. The molecule has 4 nitrogen and oxygen atoms in total. The van der Waals surface area contributed by atoms with Crippen molar-refractivity contribution in [2.45, 2.75) is 30.7 Å². The quantitative estimate of drug-likeness (QED) is 0.740. The van der Waals surface area contributed by atoms with Crippen LogP contribution in [-0.2, 0) is 10.0 Å². The lowest BCUT2D eigenvalue weighted by molar-refractivity contribution is 0.564. The molecule has 136 valence electrons. The average molecular weight is 405 g/mol. The summed E-state index contributed by atoms with van der Waals surface area (Å²) in [5, 5.41) is 0.573. The van der Waals surface area contributed by atoms with Gasteiger partial charge >= 0.3 is 0 Å². The molecule has 0 radical (unpaired) electrons. The molecule has 0 saturated carbocycles. The predicted octanol–water partition coefficient (Wildman–Crippen LogP) is 4.46. The van der Waals surface area contributed by atoms with Gasteiger partial charge in [0.1, 0.15) is 5.82 Å². The lowest BCUT2D eigenvalue weighted by atomic mass is 10.1. The first-order valence-electron chi connectivity index (χ1n) is 7.72. The van der Waals surface area contributed by atoms with Gasteiger partial charge in [-0.15, -0.1) is 0 Å². The molecule has 0 bridgehead atoms. The molecule has 2 N–H and O–H groups in total. The van der Waals surface area contributed by atoms with Crippen LogP contribution in [0.25, 0.3) is 0 Å². The minimum absolute atomic E-state index is 0.0526. The fourth-order valence-electron chi connectivity index (χ4n) is 2.51. The van der Waals surface area contributed by atoms with Crippen LogP contribution < -0.4 is 10.0 Å². The van der Waals surface area contributed by atoms with E-state index in [1.807, 2.05) is 0 Å². The standard InChI is InChI=1S/C17H19Cl2FN2O2S/c1-12(3-2-10-21)22(17-11-14(20)6-9-16(17)19)25(23,24)15-7-4-13(18)5-8-15/h4-9,11-12H,2-3,10,21H2,1H3. The Morgan fingerprint density at radius 2 is 1.80 bits per heavy atom. The Morgan fingerprint density at radius 1 is 1.16 bits per heavy atom. The van der Waals surface area contributed by atoms with Crippen molar-refractivity contribution < 1.29 is 12.8 Å². The van der Waals surface area contributed by atoms with Crippen LogP contribution in [0.2, 0.25) is 10.0 Å². The number of halogens is 3. The summed E-state index contributed by atoms with van der Waals surface area (Å²) < 4.78 is 41.3. The van der Waals surface area contributed by atoms with Gasteiger partial charge in [0.05, 0.1) is 15.6 Å². The van der Waals surface area contributed by atoms with Gasteiger partial charge in [-0.25, -0.2) is 12.8 Å². The minimum atomic E-state index is -3.96. The highest BCUT2D eigenvalue weighted by molar-refractivity contribution is 7.92. The summed E-state index contributed by atoms with van der Waals surface area (Å²) in [5.74, 6) is -0.568. The molecule has 1 atom stereocenters. The maximum Gasteiger partial charge on any atom is 0.264 e. The number of hydrogen-bond donors (Lipinski definition) is 1. The second-order valence-electron chi connectivity index (χ2n) is 5.63. The molecule has 0 aromatic heterocycles. The van der Waals surface area contributed by atoms with E-state index >= 15 is 0 Å². The van der Waals surface area contributed by atoms with E-state index in [0.29, 0.717) is 24.4 Å².